The summed E-state index contributed by atoms with van der Waals surface area (Å²) in [4.78, 5) is 18.8. The molecule has 0 unspecified atom stereocenters. The SMILES string of the molecule is CCN(C(=O)[C@H]1CC[C@@H](NC)C1)c1cn(-c2cccnc2)nc1Cl. The van der Waals surface area contributed by atoms with Crippen LogP contribution in [0.1, 0.15) is 26.2 Å². The molecule has 0 bridgehead atoms. The minimum absolute atomic E-state index is 0.0419. The molecule has 128 valence electrons. The summed E-state index contributed by atoms with van der Waals surface area (Å²) in [5.74, 6) is 0.170. The standard InChI is InChI=1S/C17H22ClN5O/c1-3-22(17(24)12-6-7-13(9-12)19-2)15-11-23(21-16(15)18)14-5-4-8-20-10-14/h4-5,8,10-13,19H,3,6-7,9H2,1-2H3/t12-,13+/m0/s1. The first-order chi connectivity index (χ1) is 11.6. The molecule has 2 heterocycles. The second-order valence-corrected chi connectivity index (χ2v) is 6.40. The van der Waals surface area contributed by atoms with E-state index in [1.54, 1.807) is 28.2 Å². The van der Waals surface area contributed by atoms with Crippen molar-refractivity contribution in [1.29, 1.82) is 0 Å². The molecule has 1 saturated carbocycles. The fraction of sp³-hybridized carbons (Fsp3) is 0.471. The molecule has 0 saturated heterocycles. The van der Waals surface area contributed by atoms with E-state index < -0.39 is 0 Å². The van der Waals surface area contributed by atoms with E-state index in [2.05, 4.69) is 15.4 Å². The van der Waals surface area contributed by atoms with Crippen LogP contribution in [-0.4, -0.2) is 40.3 Å². The first-order valence-corrected chi connectivity index (χ1v) is 8.66. The van der Waals surface area contributed by atoms with Crippen LogP contribution in [0.3, 0.4) is 0 Å². The molecule has 6 nitrogen and oxygen atoms in total. The summed E-state index contributed by atoms with van der Waals surface area (Å²) in [6, 6.07) is 4.16. The number of carbonyl (C=O) groups is 1. The maximum absolute atomic E-state index is 12.9. The van der Waals surface area contributed by atoms with Gasteiger partial charge in [-0.2, -0.15) is 5.10 Å². The first kappa shape index (κ1) is 16.9. The Hall–Kier alpha value is -1.92. The van der Waals surface area contributed by atoms with E-state index in [1.165, 1.54) is 0 Å². The van der Waals surface area contributed by atoms with E-state index in [0.717, 1.165) is 24.9 Å². The average molecular weight is 348 g/mol. The molecule has 2 aromatic heterocycles. The summed E-state index contributed by atoms with van der Waals surface area (Å²) in [6.07, 6.45) is 8.03. The second kappa shape index (κ2) is 7.32. The van der Waals surface area contributed by atoms with Gasteiger partial charge in [0.2, 0.25) is 5.91 Å². The molecular weight excluding hydrogens is 326 g/mol. The molecule has 3 rings (SSSR count). The molecule has 0 aliphatic heterocycles. The smallest absolute Gasteiger partial charge is 0.230 e. The number of hydrogen-bond donors (Lipinski definition) is 1. The van der Waals surface area contributed by atoms with E-state index in [4.69, 9.17) is 11.6 Å². The summed E-state index contributed by atoms with van der Waals surface area (Å²) >= 11 is 6.32. The maximum atomic E-state index is 12.9. The largest absolute Gasteiger partial charge is 0.317 e. The molecule has 0 aromatic carbocycles. The molecule has 1 aliphatic carbocycles. The number of nitrogens with zero attached hydrogens (tertiary/aromatic N) is 4. The zero-order valence-electron chi connectivity index (χ0n) is 13.9. The van der Waals surface area contributed by atoms with Gasteiger partial charge in [-0.3, -0.25) is 9.78 Å². The Morgan fingerprint density at radius 3 is 2.96 bits per heavy atom. The van der Waals surface area contributed by atoms with Gasteiger partial charge in [0.25, 0.3) is 0 Å². The number of carbonyl (C=O) groups excluding carboxylic acids is 1. The van der Waals surface area contributed by atoms with Crippen molar-refractivity contribution in [3.63, 3.8) is 0 Å². The molecule has 1 N–H and O–H groups in total. The van der Waals surface area contributed by atoms with E-state index in [9.17, 15) is 4.79 Å². The van der Waals surface area contributed by atoms with Gasteiger partial charge >= 0.3 is 0 Å². The number of aromatic nitrogens is 3. The van der Waals surface area contributed by atoms with Gasteiger partial charge in [-0.25, -0.2) is 4.68 Å². The molecule has 7 heteroatoms. The monoisotopic (exact) mass is 347 g/mol. The third-order valence-corrected chi connectivity index (χ3v) is 4.89. The Balaban J connectivity index is 1.83. The number of anilines is 1. The molecule has 0 spiro atoms. The second-order valence-electron chi connectivity index (χ2n) is 6.04. The van der Waals surface area contributed by atoms with Crippen molar-refractivity contribution in [3.8, 4) is 5.69 Å². The van der Waals surface area contributed by atoms with Gasteiger partial charge in [0.15, 0.2) is 5.15 Å². The van der Waals surface area contributed by atoms with Crippen LogP contribution in [0.4, 0.5) is 5.69 Å². The van der Waals surface area contributed by atoms with Crippen molar-refractivity contribution in [3.05, 3.63) is 35.9 Å². The molecule has 2 aromatic rings. The fourth-order valence-corrected chi connectivity index (χ4v) is 3.51. The molecule has 1 fully saturated rings. The Morgan fingerprint density at radius 1 is 1.50 bits per heavy atom. The van der Waals surface area contributed by atoms with Gasteiger partial charge in [0, 0.05) is 24.7 Å². The summed E-state index contributed by atoms with van der Waals surface area (Å²) in [7, 11) is 1.95. The Bertz CT molecular complexity index is 702. The summed E-state index contributed by atoms with van der Waals surface area (Å²) in [6.45, 7) is 2.53. The number of hydrogen-bond acceptors (Lipinski definition) is 4. The topological polar surface area (TPSA) is 63.1 Å². The summed E-state index contributed by atoms with van der Waals surface area (Å²) in [5.41, 5.74) is 1.46. The average Bonchev–Trinajstić information content (AvgIpc) is 3.24. The first-order valence-electron chi connectivity index (χ1n) is 8.28. The van der Waals surface area contributed by atoms with Crippen molar-refractivity contribution in [1.82, 2.24) is 20.1 Å². The molecule has 1 amide bonds. The highest BCUT2D eigenvalue weighted by Gasteiger charge is 2.33. The number of halogens is 1. The molecule has 24 heavy (non-hydrogen) atoms. The van der Waals surface area contributed by atoms with Gasteiger partial charge in [-0.15, -0.1) is 0 Å². The lowest BCUT2D eigenvalue weighted by atomic mass is 10.1. The lowest BCUT2D eigenvalue weighted by Crippen LogP contribution is -2.36. The van der Waals surface area contributed by atoms with Crippen LogP contribution < -0.4 is 10.2 Å². The Labute approximate surface area is 146 Å². The van der Waals surface area contributed by atoms with Crippen LogP contribution >= 0.6 is 11.6 Å². The van der Waals surface area contributed by atoms with E-state index in [1.807, 2.05) is 26.1 Å². The molecule has 0 radical (unpaired) electrons. The van der Waals surface area contributed by atoms with E-state index in [-0.39, 0.29) is 11.8 Å². The number of amides is 1. The molecular formula is C17H22ClN5O. The van der Waals surface area contributed by atoms with Crippen LogP contribution in [0.5, 0.6) is 0 Å². The lowest BCUT2D eigenvalue weighted by molar-refractivity contribution is -0.122. The molecule has 1 aliphatic rings. The number of pyridine rings is 1. The molecule has 2 atom stereocenters. The van der Waals surface area contributed by atoms with Gasteiger partial charge in [-0.1, -0.05) is 11.6 Å². The summed E-state index contributed by atoms with van der Waals surface area (Å²) < 4.78 is 1.66. The highest BCUT2D eigenvalue weighted by molar-refractivity contribution is 6.32. The van der Waals surface area contributed by atoms with Gasteiger partial charge < -0.3 is 10.2 Å². The van der Waals surface area contributed by atoms with Crippen LogP contribution in [0.25, 0.3) is 5.69 Å². The summed E-state index contributed by atoms with van der Waals surface area (Å²) in [5, 5.41) is 7.92. The van der Waals surface area contributed by atoms with E-state index in [0.29, 0.717) is 23.4 Å². The normalized spacial score (nSPS) is 20.3. The van der Waals surface area contributed by atoms with Crippen molar-refractivity contribution in [2.75, 3.05) is 18.5 Å². The van der Waals surface area contributed by atoms with Crippen LogP contribution in [-0.2, 0) is 4.79 Å². The minimum atomic E-state index is 0.0419. The van der Waals surface area contributed by atoms with Gasteiger partial charge in [-0.05, 0) is 45.4 Å². The van der Waals surface area contributed by atoms with Gasteiger partial charge in [0.1, 0.15) is 5.69 Å². The maximum Gasteiger partial charge on any atom is 0.230 e. The van der Waals surface area contributed by atoms with E-state index >= 15 is 0 Å². The number of rotatable bonds is 5. The highest BCUT2D eigenvalue weighted by atomic mass is 35.5. The third-order valence-electron chi connectivity index (χ3n) is 4.63. The lowest BCUT2D eigenvalue weighted by Gasteiger charge is -2.23. The van der Waals surface area contributed by atoms with Crippen molar-refractivity contribution < 1.29 is 4.79 Å². The minimum Gasteiger partial charge on any atom is -0.317 e. The van der Waals surface area contributed by atoms with Crippen molar-refractivity contribution >= 4 is 23.2 Å². The van der Waals surface area contributed by atoms with Crippen LogP contribution in [0, 0.1) is 5.92 Å². The predicted molar refractivity (Wildman–Crippen MR) is 94.6 cm³/mol. The van der Waals surface area contributed by atoms with Crippen molar-refractivity contribution in [2.24, 2.45) is 5.92 Å². The quantitative estimate of drug-likeness (QED) is 0.903. The Kier molecular flexibility index (Phi) is 5.16. The van der Waals surface area contributed by atoms with Crippen molar-refractivity contribution in [2.45, 2.75) is 32.2 Å². The highest BCUT2D eigenvalue weighted by Crippen LogP contribution is 2.32. The fourth-order valence-electron chi connectivity index (χ4n) is 3.28. The predicted octanol–water partition coefficient (Wildman–Crippen LogP) is 2.66. The number of nitrogens with one attached hydrogen (secondary N) is 1. The van der Waals surface area contributed by atoms with Crippen LogP contribution in [0.15, 0.2) is 30.7 Å². The Morgan fingerprint density at radius 2 is 2.33 bits per heavy atom. The van der Waals surface area contributed by atoms with Crippen LogP contribution in [0.2, 0.25) is 5.15 Å². The third kappa shape index (κ3) is 3.30. The van der Waals surface area contributed by atoms with Gasteiger partial charge in [0.05, 0.1) is 18.1 Å². The zero-order chi connectivity index (χ0) is 17.1. The zero-order valence-corrected chi connectivity index (χ0v) is 14.7.